The molecule has 1 saturated heterocycles. The van der Waals surface area contributed by atoms with Gasteiger partial charge in [-0.25, -0.2) is 19.2 Å². The number of carbonyl (C=O) groups excluding carboxylic acids is 1. The number of nitrogens with one attached hydrogen (secondary N) is 1. The first-order chi connectivity index (χ1) is 13.7. The van der Waals surface area contributed by atoms with Gasteiger partial charge >= 0.3 is 6.03 Å². The summed E-state index contributed by atoms with van der Waals surface area (Å²) < 4.78 is 14.0. The van der Waals surface area contributed by atoms with E-state index in [1.54, 1.807) is 47.9 Å². The fourth-order valence-corrected chi connectivity index (χ4v) is 3.06. The number of halogens is 1. The molecule has 144 valence electrons. The number of urea groups is 1. The van der Waals surface area contributed by atoms with E-state index in [0.29, 0.717) is 43.5 Å². The van der Waals surface area contributed by atoms with Gasteiger partial charge < -0.3 is 15.1 Å². The van der Waals surface area contributed by atoms with E-state index in [0.717, 1.165) is 6.42 Å². The second-order valence-corrected chi connectivity index (χ2v) is 6.29. The Labute approximate surface area is 160 Å². The maximum Gasteiger partial charge on any atom is 0.321 e. The van der Waals surface area contributed by atoms with Crippen LogP contribution >= 0.6 is 0 Å². The number of nitrogens with zero attached hydrogens (tertiary/aromatic N) is 7. The molecule has 1 N–H and O–H groups in total. The van der Waals surface area contributed by atoms with Crippen molar-refractivity contribution in [2.75, 3.05) is 36.4 Å². The molecule has 0 atom stereocenters. The molecule has 3 aromatic rings. The van der Waals surface area contributed by atoms with Crippen LogP contribution in [-0.4, -0.2) is 62.1 Å². The van der Waals surface area contributed by atoms with E-state index in [2.05, 4.69) is 25.5 Å². The van der Waals surface area contributed by atoms with Gasteiger partial charge in [-0.05, 0) is 30.7 Å². The average molecular weight is 382 g/mol. The van der Waals surface area contributed by atoms with Crippen molar-refractivity contribution in [3.05, 3.63) is 54.9 Å². The number of rotatable bonds is 3. The first-order valence-electron chi connectivity index (χ1n) is 8.95. The highest BCUT2D eigenvalue weighted by Crippen LogP contribution is 2.18. The van der Waals surface area contributed by atoms with Crippen molar-refractivity contribution in [3.8, 4) is 5.82 Å². The Morgan fingerprint density at radius 2 is 1.86 bits per heavy atom. The average Bonchev–Trinajstić information content (AvgIpc) is 3.14. The molecule has 0 aliphatic carbocycles. The van der Waals surface area contributed by atoms with Gasteiger partial charge in [-0.3, -0.25) is 0 Å². The largest absolute Gasteiger partial charge is 0.352 e. The zero-order valence-corrected chi connectivity index (χ0v) is 15.1. The number of anilines is 2. The second-order valence-electron chi connectivity index (χ2n) is 6.29. The predicted octanol–water partition coefficient (Wildman–Crippen LogP) is 1.94. The fourth-order valence-electron chi connectivity index (χ4n) is 3.06. The standard InChI is InChI=1S/C18H19FN8O/c19-15-3-1-6-20-17(15)25-9-2-10-26(12-11-25)18(28)24-14-4-5-16(21-13-14)27-22-7-8-23-27/h1,3-8,13H,2,9-12H2,(H,24,28). The lowest BCUT2D eigenvalue weighted by molar-refractivity contribution is 0.215. The van der Waals surface area contributed by atoms with Crippen LogP contribution in [0.5, 0.6) is 0 Å². The van der Waals surface area contributed by atoms with Gasteiger partial charge in [0, 0.05) is 32.4 Å². The van der Waals surface area contributed by atoms with Crippen LogP contribution in [0.15, 0.2) is 49.1 Å². The molecule has 3 aromatic heterocycles. The number of aromatic nitrogens is 5. The molecule has 0 unspecified atom stereocenters. The SMILES string of the molecule is O=C(Nc1ccc(-n2nccn2)nc1)N1CCCN(c2ncccc2F)CC1. The lowest BCUT2D eigenvalue weighted by atomic mass is 10.3. The number of carbonyl (C=O) groups is 1. The third-order valence-electron chi connectivity index (χ3n) is 4.44. The summed E-state index contributed by atoms with van der Waals surface area (Å²) in [5.41, 5.74) is 0.581. The van der Waals surface area contributed by atoms with Crippen molar-refractivity contribution in [2.24, 2.45) is 0 Å². The van der Waals surface area contributed by atoms with Gasteiger partial charge in [0.1, 0.15) is 0 Å². The highest BCUT2D eigenvalue weighted by molar-refractivity contribution is 5.89. The lowest BCUT2D eigenvalue weighted by Gasteiger charge is -2.23. The van der Waals surface area contributed by atoms with Gasteiger partial charge in [0.15, 0.2) is 17.5 Å². The molecule has 0 spiro atoms. The Morgan fingerprint density at radius 1 is 1.00 bits per heavy atom. The lowest BCUT2D eigenvalue weighted by Crippen LogP contribution is -2.38. The maximum atomic E-state index is 14.0. The van der Waals surface area contributed by atoms with Crippen LogP contribution in [0.2, 0.25) is 0 Å². The van der Waals surface area contributed by atoms with E-state index in [4.69, 9.17) is 0 Å². The summed E-state index contributed by atoms with van der Waals surface area (Å²) in [4.78, 5) is 25.9. The summed E-state index contributed by atoms with van der Waals surface area (Å²) >= 11 is 0. The summed E-state index contributed by atoms with van der Waals surface area (Å²) in [7, 11) is 0. The van der Waals surface area contributed by atoms with Crippen molar-refractivity contribution >= 4 is 17.5 Å². The topological polar surface area (TPSA) is 92.1 Å². The number of hydrogen-bond donors (Lipinski definition) is 1. The van der Waals surface area contributed by atoms with Crippen molar-refractivity contribution in [2.45, 2.75) is 6.42 Å². The van der Waals surface area contributed by atoms with Crippen LogP contribution < -0.4 is 10.2 Å². The molecule has 0 radical (unpaired) electrons. The van der Waals surface area contributed by atoms with Crippen molar-refractivity contribution in [3.63, 3.8) is 0 Å². The third-order valence-corrected chi connectivity index (χ3v) is 4.44. The highest BCUT2D eigenvalue weighted by Gasteiger charge is 2.21. The normalized spacial score (nSPS) is 14.6. The molecule has 10 heteroatoms. The van der Waals surface area contributed by atoms with E-state index in [-0.39, 0.29) is 11.8 Å². The monoisotopic (exact) mass is 382 g/mol. The van der Waals surface area contributed by atoms with E-state index < -0.39 is 0 Å². The van der Waals surface area contributed by atoms with Gasteiger partial charge in [-0.1, -0.05) is 0 Å². The smallest absolute Gasteiger partial charge is 0.321 e. The molecule has 9 nitrogen and oxygen atoms in total. The van der Waals surface area contributed by atoms with Crippen LogP contribution in [0.25, 0.3) is 5.82 Å². The van der Waals surface area contributed by atoms with E-state index in [9.17, 15) is 9.18 Å². The minimum absolute atomic E-state index is 0.213. The number of amides is 2. The summed E-state index contributed by atoms with van der Waals surface area (Å²) in [5, 5.41) is 10.9. The summed E-state index contributed by atoms with van der Waals surface area (Å²) in [6.45, 7) is 2.22. The van der Waals surface area contributed by atoms with Crippen LogP contribution in [0, 0.1) is 5.82 Å². The van der Waals surface area contributed by atoms with Gasteiger partial charge in [-0.15, -0.1) is 4.80 Å². The molecule has 4 heterocycles. The van der Waals surface area contributed by atoms with Crippen molar-refractivity contribution in [1.29, 1.82) is 0 Å². The molecular weight excluding hydrogens is 363 g/mol. The first-order valence-corrected chi connectivity index (χ1v) is 8.95. The Hall–Kier alpha value is -3.56. The van der Waals surface area contributed by atoms with Crippen LogP contribution in [0.4, 0.5) is 20.7 Å². The summed E-state index contributed by atoms with van der Waals surface area (Å²) in [6, 6.07) is 6.22. The molecule has 1 aliphatic rings. The molecular formula is C18H19FN8O. The van der Waals surface area contributed by atoms with E-state index in [1.807, 2.05) is 4.90 Å². The Balaban J connectivity index is 1.37. The van der Waals surface area contributed by atoms with E-state index in [1.165, 1.54) is 10.9 Å². The zero-order chi connectivity index (χ0) is 19.3. The predicted molar refractivity (Wildman–Crippen MR) is 101 cm³/mol. The maximum absolute atomic E-state index is 14.0. The first kappa shape index (κ1) is 17.8. The fraction of sp³-hybridized carbons (Fsp3) is 0.278. The second kappa shape index (κ2) is 7.99. The van der Waals surface area contributed by atoms with E-state index >= 15 is 0 Å². The summed E-state index contributed by atoms with van der Waals surface area (Å²) in [6.07, 6.45) is 6.99. The number of pyridine rings is 2. The Kier molecular flexibility index (Phi) is 5.09. The molecule has 1 aliphatic heterocycles. The van der Waals surface area contributed by atoms with Gasteiger partial charge in [0.25, 0.3) is 0 Å². The van der Waals surface area contributed by atoms with Crippen molar-refractivity contribution < 1.29 is 9.18 Å². The molecule has 0 bridgehead atoms. The minimum Gasteiger partial charge on any atom is -0.352 e. The summed E-state index contributed by atoms with van der Waals surface area (Å²) in [5.74, 6) is 0.542. The van der Waals surface area contributed by atoms with Gasteiger partial charge in [0.05, 0.1) is 24.3 Å². The molecule has 1 fully saturated rings. The third kappa shape index (κ3) is 3.90. The molecule has 0 saturated carbocycles. The number of hydrogen-bond acceptors (Lipinski definition) is 6. The Bertz CT molecular complexity index is 931. The minimum atomic E-state index is -0.349. The van der Waals surface area contributed by atoms with Crippen molar-refractivity contribution in [1.82, 2.24) is 29.9 Å². The Morgan fingerprint density at radius 3 is 2.61 bits per heavy atom. The highest BCUT2D eigenvalue weighted by atomic mass is 19.1. The quantitative estimate of drug-likeness (QED) is 0.744. The van der Waals surface area contributed by atoms with Crippen LogP contribution in [0.1, 0.15) is 6.42 Å². The molecule has 4 rings (SSSR count). The van der Waals surface area contributed by atoms with Gasteiger partial charge in [-0.2, -0.15) is 10.2 Å². The molecule has 2 amide bonds. The van der Waals surface area contributed by atoms with Crippen LogP contribution in [-0.2, 0) is 0 Å². The molecule has 0 aromatic carbocycles. The van der Waals surface area contributed by atoms with Gasteiger partial charge in [0.2, 0.25) is 0 Å². The zero-order valence-electron chi connectivity index (χ0n) is 15.1. The molecule has 28 heavy (non-hydrogen) atoms. The van der Waals surface area contributed by atoms with Crippen LogP contribution in [0.3, 0.4) is 0 Å².